The van der Waals surface area contributed by atoms with Crippen molar-refractivity contribution in [3.05, 3.63) is 34.3 Å². The summed E-state index contributed by atoms with van der Waals surface area (Å²) in [5.74, 6) is -4.93. The minimum atomic E-state index is -1.64. The van der Waals surface area contributed by atoms with Gasteiger partial charge < -0.3 is 14.6 Å². The van der Waals surface area contributed by atoms with Crippen molar-refractivity contribution in [2.75, 3.05) is 0 Å². The van der Waals surface area contributed by atoms with E-state index < -0.39 is 53.3 Å². The van der Waals surface area contributed by atoms with Crippen molar-refractivity contribution in [1.82, 2.24) is 0 Å². The molecule has 0 aromatic heterocycles. The monoisotopic (exact) mass is 454 g/mol. The van der Waals surface area contributed by atoms with Crippen molar-refractivity contribution in [2.45, 2.75) is 64.8 Å². The van der Waals surface area contributed by atoms with Crippen LogP contribution in [0.4, 0.5) is 0 Å². The molecule has 6 nitrogen and oxygen atoms in total. The minimum absolute atomic E-state index is 0.324. The van der Waals surface area contributed by atoms with Gasteiger partial charge in [-0.1, -0.05) is 28.1 Å². The number of benzene rings is 1. The van der Waals surface area contributed by atoms with Crippen molar-refractivity contribution >= 4 is 33.7 Å². The van der Waals surface area contributed by atoms with Gasteiger partial charge in [0.25, 0.3) is 0 Å². The molecule has 1 saturated carbocycles. The first-order chi connectivity index (χ1) is 12.9. The highest BCUT2D eigenvalue weighted by Gasteiger charge is 2.57. The maximum atomic E-state index is 12.9. The van der Waals surface area contributed by atoms with Crippen molar-refractivity contribution in [3.63, 3.8) is 0 Å². The molecular formula is C21H27BrO6. The third-order valence-corrected chi connectivity index (χ3v) is 5.26. The summed E-state index contributed by atoms with van der Waals surface area (Å²) < 4.78 is 11.5. The fourth-order valence-electron chi connectivity index (χ4n) is 3.71. The largest absolute Gasteiger partial charge is 0.463 e. The van der Waals surface area contributed by atoms with E-state index in [4.69, 9.17) is 9.47 Å². The molecule has 2 rings (SSSR count). The van der Waals surface area contributed by atoms with E-state index in [2.05, 4.69) is 15.9 Å². The number of aliphatic hydroxyl groups is 1. The van der Waals surface area contributed by atoms with Gasteiger partial charge in [-0.25, -0.2) is 0 Å². The predicted molar refractivity (Wildman–Crippen MR) is 107 cm³/mol. The van der Waals surface area contributed by atoms with Crippen LogP contribution in [0.1, 0.15) is 52.5 Å². The Balaban J connectivity index is 2.59. The normalized spacial score (nSPS) is 27.8. The first-order valence-corrected chi connectivity index (χ1v) is 10.1. The molecule has 0 spiro atoms. The summed E-state index contributed by atoms with van der Waals surface area (Å²) in [5, 5.41) is 11.0. The van der Waals surface area contributed by atoms with Crippen LogP contribution in [0.2, 0.25) is 0 Å². The van der Waals surface area contributed by atoms with Crippen LogP contribution in [0.3, 0.4) is 0 Å². The van der Waals surface area contributed by atoms with Crippen LogP contribution in [-0.4, -0.2) is 40.6 Å². The Morgan fingerprint density at radius 2 is 1.57 bits per heavy atom. The SMILES string of the molecule is CC(C)OC(=O)C1C(=O)CC(C)(O)C(C(=O)OC(C)C)C1c1ccc(Br)cc1. The Labute approximate surface area is 173 Å². The van der Waals surface area contributed by atoms with Crippen molar-refractivity contribution in [3.8, 4) is 0 Å². The van der Waals surface area contributed by atoms with E-state index in [0.717, 1.165) is 4.47 Å². The van der Waals surface area contributed by atoms with Gasteiger partial charge in [-0.05, 0) is 52.3 Å². The molecule has 0 radical (unpaired) electrons. The van der Waals surface area contributed by atoms with Crippen molar-refractivity contribution in [2.24, 2.45) is 11.8 Å². The lowest BCUT2D eigenvalue weighted by atomic mass is 9.61. The standard InChI is InChI=1S/C21H27BrO6/c1-11(2)27-19(24)17-15(23)10-21(5,26)18(20(25)28-12(3)4)16(17)13-6-8-14(22)9-7-13/h6-9,11-12,16-18,26H,10H2,1-5H3. The summed E-state index contributed by atoms with van der Waals surface area (Å²) in [4.78, 5) is 38.6. The summed E-state index contributed by atoms with van der Waals surface area (Å²) >= 11 is 3.36. The molecule has 7 heteroatoms. The highest BCUT2D eigenvalue weighted by Crippen LogP contribution is 2.47. The third kappa shape index (κ3) is 5.00. The number of esters is 2. The second-order valence-electron chi connectivity index (χ2n) is 8.00. The van der Waals surface area contributed by atoms with Gasteiger partial charge in [-0.2, -0.15) is 0 Å². The second-order valence-corrected chi connectivity index (χ2v) is 8.92. The maximum Gasteiger partial charge on any atom is 0.317 e. The Bertz CT molecular complexity index is 730. The molecule has 4 atom stereocenters. The van der Waals surface area contributed by atoms with E-state index in [0.29, 0.717) is 5.56 Å². The molecule has 1 fully saturated rings. The number of carbonyl (C=O) groups excluding carboxylic acids is 3. The van der Waals surface area contributed by atoms with Crippen LogP contribution in [0.25, 0.3) is 0 Å². The number of ketones is 1. The molecule has 0 aliphatic heterocycles. The van der Waals surface area contributed by atoms with Gasteiger partial charge in [-0.15, -0.1) is 0 Å². The molecule has 1 aromatic carbocycles. The van der Waals surface area contributed by atoms with Gasteiger partial charge in [0.15, 0.2) is 5.78 Å². The molecular weight excluding hydrogens is 428 g/mol. The van der Waals surface area contributed by atoms with Crippen LogP contribution in [0.5, 0.6) is 0 Å². The zero-order chi connectivity index (χ0) is 21.2. The average Bonchev–Trinajstić information content (AvgIpc) is 2.52. The van der Waals surface area contributed by atoms with Crippen molar-refractivity contribution in [1.29, 1.82) is 0 Å². The van der Waals surface area contributed by atoms with Gasteiger partial charge in [0.2, 0.25) is 0 Å². The van der Waals surface area contributed by atoms with E-state index in [9.17, 15) is 19.5 Å². The van der Waals surface area contributed by atoms with E-state index >= 15 is 0 Å². The molecule has 1 aliphatic carbocycles. The van der Waals surface area contributed by atoms with E-state index in [1.54, 1.807) is 52.0 Å². The summed E-state index contributed by atoms with van der Waals surface area (Å²) in [5.41, 5.74) is -1.05. The minimum Gasteiger partial charge on any atom is -0.463 e. The third-order valence-electron chi connectivity index (χ3n) is 4.73. The number of hydrogen-bond donors (Lipinski definition) is 1. The van der Waals surface area contributed by atoms with Crippen molar-refractivity contribution < 1.29 is 29.0 Å². The van der Waals surface area contributed by atoms with Crippen LogP contribution < -0.4 is 0 Å². The molecule has 0 amide bonds. The quantitative estimate of drug-likeness (QED) is 0.541. The highest BCUT2D eigenvalue weighted by molar-refractivity contribution is 9.10. The van der Waals surface area contributed by atoms with Gasteiger partial charge in [0, 0.05) is 16.8 Å². The molecule has 0 heterocycles. The zero-order valence-electron chi connectivity index (χ0n) is 16.8. The molecule has 4 unspecified atom stereocenters. The van der Waals surface area contributed by atoms with Gasteiger partial charge in [-0.3, -0.25) is 14.4 Å². The van der Waals surface area contributed by atoms with Crippen LogP contribution in [-0.2, 0) is 23.9 Å². The highest BCUT2D eigenvalue weighted by atomic mass is 79.9. The number of halogens is 1. The summed E-state index contributed by atoms with van der Waals surface area (Å²) in [7, 11) is 0. The van der Waals surface area contributed by atoms with Crippen LogP contribution in [0, 0.1) is 11.8 Å². The molecule has 28 heavy (non-hydrogen) atoms. The Kier molecular flexibility index (Phi) is 7.04. The molecule has 1 aliphatic rings. The van der Waals surface area contributed by atoms with Crippen LogP contribution >= 0.6 is 15.9 Å². The lowest BCUT2D eigenvalue weighted by molar-refractivity contribution is -0.176. The van der Waals surface area contributed by atoms with Gasteiger partial charge in [0.05, 0.1) is 23.7 Å². The zero-order valence-corrected chi connectivity index (χ0v) is 18.4. The molecule has 154 valence electrons. The number of Topliss-reactive ketones (excluding diaryl/α,β-unsaturated/α-hetero) is 1. The summed E-state index contributed by atoms with van der Waals surface area (Å²) in [6.07, 6.45) is -1.13. The second kappa shape index (κ2) is 8.74. The molecule has 1 aromatic rings. The van der Waals surface area contributed by atoms with E-state index in [1.807, 2.05) is 0 Å². The fraction of sp³-hybridized carbons (Fsp3) is 0.571. The lowest BCUT2D eigenvalue weighted by Gasteiger charge is -2.44. The predicted octanol–water partition coefficient (Wildman–Crippen LogP) is 3.39. The summed E-state index contributed by atoms with van der Waals surface area (Å²) in [6, 6.07) is 6.99. The number of hydrogen-bond acceptors (Lipinski definition) is 6. The Morgan fingerprint density at radius 1 is 1.07 bits per heavy atom. The fourth-order valence-corrected chi connectivity index (χ4v) is 3.98. The molecule has 1 N–H and O–H groups in total. The maximum absolute atomic E-state index is 12.9. The van der Waals surface area contributed by atoms with E-state index in [-0.39, 0.29) is 6.42 Å². The Hall–Kier alpha value is -1.73. The first-order valence-electron chi connectivity index (χ1n) is 9.35. The van der Waals surface area contributed by atoms with Crippen LogP contribution in [0.15, 0.2) is 28.7 Å². The smallest absolute Gasteiger partial charge is 0.317 e. The Morgan fingerprint density at radius 3 is 2.07 bits per heavy atom. The topological polar surface area (TPSA) is 89.9 Å². The lowest BCUT2D eigenvalue weighted by Crippen LogP contribution is -2.55. The first kappa shape index (κ1) is 22.6. The molecule has 0 saturated heterocycles. The van der Waals surface area contributed by atoms with Gasteiger partial charge >= 0.3 is 11.9 Å². The number of ether oxygens (including phenoxy) is 2. The van der Waals surface area contributed by atoms with E-state index in [1.165, 1.54) is 6.92 Å². The van der Waals surface area contributed by atoms with Gasteiger partial charge in [0.1, 0.15) is 5.92 Å². The number of rotatable bonds is 5. The average molecular weight is 455 g/mol. The summed E-state index contributed by atoms with van der Waals surface area (Å²) in [6.45, 7) is 8.24. The molecule has 0 bridgehead atoms. The number of carbonyl (C=O) groups is 3.